The number of rotatable bonds is 6. The molecule has 1 unspecified atom stereocenters. The van der Waals surface area contributed by atoms with Crippen LogP contribution in [0.4, 0.5) is 0 Å². The van der Waals surface area contributed by atoms with Gasteiger partial charge in [-0.3, -0.25) is 9.69 Å². The van der Waals surface area contributed by atoms with E-state index in [9.17, 15) is 9.90 Å². The number of thiophene rings is 1. The summed E-state index contributed by atoms with van der Waals surface area (Å²) in [4.78, 5) is 15.7. The van der Waals surface area contributed by atoms with Crippen molar-refractivity contribution in [3.8, 4) is 10.6 Å². The fourth-order valence-corrected chi connectivity index (χ4v) is 3.34. The van der Waals surface area contributed by atoms with Gasteiger partial charge in [0.15, 0.2) is 5.76 Å². The molecule has 24 heavy (non-hydrogen) atoms. The van der Waals surface area contributed by atoms with E-state index in [1.807, 2.05) is 17.5 Å². The Kier molecular flexibility index (Phi) is 5.62. The van der Waals surface area contributed by atoms with E-state index in [-0.39, 0.29) is 11.7 Å². The zero-order valence-corrected chi connectivity index (χ0v) is 14.3. The lowest BCUT2D eigenvalue weighted by atomic mass is 10.1. The van der Waals surface area contributed by atoms with Crippen LogP contribution in [-0.4, -0.2) is 60.5 Å². The normalized spacial score (nSPS) is 16.9. The van der Waals surface area contributed by atoms with Gasteiger partial charge in [-0.2, -0.15) is 0 Å². The fraction of sp³-hybridized carbons (Fsp3) is 0.500. The van der Waals surface area contributed by atoms with Gasteiger partial charge in [0.05, 0.1) is 18.1 Å². The average Bonchev–Trinajstić information content (AvgIpc) is 3.24. The third kappa shape index (κ3) is 3.84. The number of hydrogen-bond acceptors (Lipinski definition) is 7. The van der Waals surface area contributed by atoms with E-state index >= 15 is 0 Å². The number of ether oxygens (including phenoxy) is 1. The molecular formula is C16H21N3O4S. The van der Waals surface area contributed by atoms with Crippen molar-refractivity contribution in [3.63, 3.8) is 0 Å². The van der Waals surface area contributed by atoms with E-state index in [1.165, 1.54) is 11.3 Å². The Morgan fingerprint density at radius 2 is 2.29 bits per heavy atom. The maximum atomic E-state index is 12.6. The lowest BCUT2D eigenvalue weighted by Crippen LogP contribution is -2.41. The molecule has 3 heterocycles. The lowest BCUT2D eigenvalue weighted by Gasteiger charge is -2.26. The highest BCUT2D eigenvalue weighted by atomic mass is 32.1. The largest absolute Gasteiger partial charge is 0.385 e. The quantitative estimate of drug-likeness (QED) is 0.820. The molecule has 2 aromatic rings. The lowest BCUT2D eigenvalue weighted by molar-refractivity contribution is 0.0383. The molecule has 0 spiro atoms. The topological polar surface area (TPSA) is 87.8 Å². The predicted molar refractivity (Wildman–Crippen MR) is 90.0 cm³/mol. The average molecular weight is 351 g/mol. The van der Waals surface area contributed by atoms with Crippen LogP contribution in [0.2, 0.25) is 0 Å². The highest BCUT2D eigenvalue weighted by Crippen LogP contribution is 2.31. The number of nitrogens with zero attached hydrogens (tertiary/aromatic N) is 2. The highest BCUT2D eigenvalue weighted by Gasteiger charge is 2.27. The van der Waals surface area contributed by atoms with Crippen LogP contribution in [0.1, 0.15) is 29.1 Å². The molecule has 1 aliphatic rings. The molecule has 1 atom stereocenters. The van der Waals surface area contributed by atoms with Crippen LogP contribution in [-0.2, 0) is 4.74 Å². The maximum absolute atomic E-state index is 12.6. The van der Waals surface area contributed by atoms with E-state index in [2.05, 4.69) is 15.4 Å². The molecule has 1 saturated heterocycles. The number of carbonyl (C=O) groups excluding carboxylic acids is 1. The smallest absolute Gasteiger partial charge is 0.257 e. The molecule has 8 heteroatoms. The van der Waals surface area contributed by atoms with Gasteiger partial charge in [0.25, 0.3) is 5.91 Å². The second-order valence-electron chi connectivity index (χ2n) is 5.63. The van der Waals surface area contributed by atoms with E-state index in [0.29, 0.717) is 17.8 Å². The minimum Gasteiger partial charge on any atom is -0.385 e. The summed E-state index contributed by atoms with van der Waals surface area (Å²) in [5.74, 6) is -0.0777. The fourth-order valence-electron chi connectivity index (χ4n) is 2.63. The molecule has 2 N–H and O–H groups in total. The first-order valence-corrected chi connectivity index (χ1v) is 8.84. The van der Waals surface area contributed by atoms with Gasteiger partial charge < -0.3 is 19.7 Å². The molecule has 1 amide bonds. The Bertz CT molecular complexity index is 663. The molecule has 0 aromatic carbocycles. The molecular weight excluding hydrogens is 330 g/mol. The Labute approximate surface area is 144 Å². The minimum absolute atomic E-state index is 0.197. The van der Waals surface area contributed by atoms with Crippen molar-refractivity contribution in [1.29, 1.82) is 0 Å². The number of amides is 1. The van der Waals surface area contributed by atoms with Crippen molar-refractivity contribution in [2.45, 2.75) is 13.0 Å². The van der Waals surface area contributed by atoms with Gasteiger partial charge >= 0.3 is 0 Å². The highest BCUT2D eigenvalue weighted by molar-refractivity contribution is 7.13. The Morgan fingerprint density at radius 1 is 1.50 bits per heavy atom. The Balaban J connectivity index is 1.69. The van der Waals surface area contributed by atoms with Gasteiger partial charge in [-0.05, 0) is 18.4 Å². The standard InChI is InChI=1S/C16H21N3O4S/c1-11(20)15-13(14(18-23-15)12-3-2-10-24-12)16(21)17-4-5-19-6-8-22-9-7-19/h2-3,10-11,20H,4-9H2,1H3,(H,17,21). The molecule has 0 radical (unpaired) electrons. The summed E-state index contributed by atoms with van der Waals surface area (Å²) >= 11 is 1.47. The zero-order chi connectivity index (χ0) is 16.9. The van der Waals surface area contributed by atoms with Crippen molar-refractivity contribution in [3.05, 3.63) is 28.8 Å². The molecule has 1 fully saturated rings. The van der Waals surface area contributed by atoms with Crippen molar-refractivity contribution < 1.29 is 19.2 Å². The second-order valence-corrected chi connectivity index (χ2v) is 6.58. The third-order valence-corrected chi connectivity index (χ3v) is 4.77. The first kappa shape index (κ1) is 17.1. The van der Waals surface area contributed by atoms with Gasteiger partial charge in [0.2, 0.25) is 0 Å². The summed E-state index contributed by atoms with van der Waals surface area (Å²) in [7, 11) is 0. The van der Waals surface area contributed by atoms with E-state index < -0.39 is 6.10 Å². The molecule has 2 aromatic heterocycles. The van der Waals surface area contributed by atoms with Gasteiger partial charge in [0.1, 0.15) is 17.4 Å². The number of morpholine rings is 1. The number of nitrogens with one attached hydrogen (secondary N) is 1. The maximum Gasteiger partial charge on any atom is 0.257 e. The van der Waals surface area contributed by atoms with Crippen LogP contribution >= 0.6 is 11.3 Å². The predicted octanol–water partition coefficient (Wildman–Crippen LogP) is 1.52. The SMILES string of the molecule is CC(O)c1onc(-c2cccs2)c1C(=O)NCCN1CCOCC1. The van der Waals surface area contributed by atoms with Crippen LogP contribution in [0.15, 0.2) is 22.0 Å². The number of aliphatic hydroxyl groups excluding tert-OH is 1. The minimum atomic E-state index is -0.897. The summed E-state index contributed by atoms with van der Waals surface area (Å²) in [6.07, 6.45) is -0.897. The molecule has 3 rings (SSSR count). The summed E-state index contributed by atoms with van der Waals surface area (Å²) < 4.78 is 10.5. The number of aromatic nitrogens is 1. The first-order chi connectivity index (χ1) is 11.7. The van der Waals surface area contributed by atoms with E-state index in [1.54, 1.807) is 6.92 Å². The number of carbonyl (C=O) groups is 1. The molecule has 130 valence electrons. The Hall–Kier alpha value is -1.74. The van der Waals surface area contributed by atoms with E-state index in [0.717, 1.165) is 37.7 Å². The van der Waals surface area contributed by atoms with Gasteiger partial charge in [-0.15, -0.1) is 11.3 Å². The summed E-state index contributed by atoms with van der Waals surface area (Å²) in [5, 5.41) is 18.7. The van der Waals surface area contributed by atoms with Crippen LogP contribution in [0, 0.1) is 0 Å². The number of aliphatic hydroxyl groups is 1. The number of hydrogen-bond donors (Lipinski definition) is 2. The van der Waals surface area contributed by atoms with Crippen LogP contribution in [0.5, 0.6) is 0 Å². The van der Waals surface area contributed by atoms with E-state index in [4.69, 9.17) is 9.26 Å². The Morgan fingerprint density at radius 3 is 2.96 bits per heavy atom. The van der Waals surface area contributed by atoms with Crippen LogP contribution in [0.3, 0.4) is 0 Å². The van der Waals surface area contributed by atoms with Crippen LogP contribution < -0.4 is 5.32 Å². The molecule has 0 bridgehead atoms. The van der Waals surface area contributed by atoms with Gasteiger partial charge in [-0.25, -0.2) is 0 Å². The first-order valence-electron chi connectivity index (χ1n) is 7.96. The molecule has 1 aliphatic heterocycles. The van der Waals surface area contributed by atoms with Crippen molar-refractivity contribution >= 4 is 17.2 Å². The van der Waals surface area contributed by atoms with Gasteiger partial charge in [0, 0.05) is 26.2 Å². The summed E-state index contributed by atoms with van der Waals surface area (Å²) in [5.41, 5.74) is 0.791. The third-order valence-electron chi connectivity index (χ3n) is 3.90. The summed E-state index contributed by atoms with van der Waals surface area (Å²) in [6, 6.07) is 3.76. The van der Waals surface area contributed by atoms with Crippen molar-refractivity contribution in [1.82, 2.24) is 15.4 Å². The molecule has 7 nitrogen and oxygen atoms in total. The van der Waals surface area contributed by atoms with Gasteiger partial charge in [-0.1, -0.05) is 11.2 Å². The molecule has 0 saturated carbocycles. The van der Waals surface area contributed by atoms with Crippen molar-refractivity contribution in [2.75, 3.05) is 39.4 Å². The second kappa shape index (κ2) is 7.89. The monoisotopic (exact) mass is 351 g/mol. The molecule has 0 aliphatic carbocycles. The van der Waals surface area contributed by atoms with Crippen molar-refractivity contribution in [2.24, 2.45) is 0 Å². The van der Waals surface area contributed by atoms with Crippen LogP contribution in [0.25, 0.3) is 10.6 Å². The summed E-state index contributed by atoms with van der Waals surface area (Å²) in [6.45, 7) is 6.06. The zero-order valence-electron chi connectivity index (χ0n) is 13.5.